The number of halogens is 1. The third-order valence-corrected chi connectivity index (χ3v) is 3.40. The van der Waals surface area contributed by atoms with Gasteiger partial charge in [0, 0.05) is 17.7 Å². The lowest BCUT2D eigenvalue weighted by atomic mass is 10.1. The van der Waals surface area contributed by atoms with Crippen LogP contribution in [0.1, 0.15) is 34.5 Å². The average Bonchev–Trinajstić information content (AvgIpc) is 2.53. The van der Waals surface area contributed by atoms with Crippen LogP contribution < -0.4 is 16.4 Å². The van der Waals surface area contributed by atoms with Crippen molar-refractivity contribution in [2.24, 2.45) is 5.73 Å². The van der Waals surface area contributed by atoms with Crippen LogP contribution in [0.5, 0.6) is 0 Å². The van der Waals surface area contributed by atoms with Crippen molar-refractivity contribution in [2.45, 2.75) is 19.5 Å². The van der Waals surface area contributed by atoms with Gasteiger partial charge in [-0.25, -0.2) is 9.18 Å². The van der Waals surface area contributed by atoms with Crippen molar-refractivity contribution in [1.29, 1.82) is 0 Å². The molecule has 6 heteroatoms. The Hall–Kier alpha value is -2.89. The topological polar surface area (TPSA) is 84.2 Å². The van der Waals surface area contributed by atoms with E-state index in [9.17, 15) is 14.0 Å². The van der Waals surface area contributed by atoms with Crippen molar-refractivity contribution >= 4 is 11.9 Å². The van der Waals surface area contributed by atoms with E-state index in [4.69, 9.17) is 5.73 Å². The van der Waals surface area contributed by atoms with Crippen LogP contribution in [0.25, 0.3) is 0 Å². The van der Waals surface area contributed by atoms with Crippen LogP contribution in [0.3, 0.4) is 0 Å². The largest absolute Gasteiger partial charge is 0.352 e. The van der Waals surface area contributed by atoms with Gasteiger partial charge in [-0.15, -0.1) is 0 Å². The molecule has 0 radical (unpaired) electrons. The molecular formula is C17H18FN3O2. The molecule has 0 saturated carbocycles. The van der Waals surface area contributed by atoms with E-state index in [2.05, 4.69) is 10.6 Å². The SMILES string of the molecule is C[C@@H](NC(=O)c1ccc(CNC(N)=O)cc1)c1ccccc1F. The maximum atomic E-state index is 13.7. The standard InChI is InChI=1S/C17H18FN3O2/c1-11(14-4-2-3-5-15(14)18)21-16(22)13-8-6-12(7-9-13)10-20-17(19)23/h2-9,11H,10H2,1H3,(H,21,22)(H3,19,20,23)/t11-/m1/s1. The molecule has 0 fully saturated rings. The molecule has 0 aromatic heterocycles. The number of benzene rings is 2. The molecule has 0 bridgehead atoms. The van der Waals surface area contributed by atoms with Gasteiger partial charge in [-0.05, 0) is 30.7 Å². The second-order valence-electron chi connectivity index (χ2n) is 5.13. The third kappa shape index (κ3) is 4.54. The fourth-order valence-corrected chi connectivity index (χ4v) is 2.15. The van der Waals surface area contributed by atoms with E-state index in [1.165, 1.54) is 6.07 Å². The number of hydrogen-bond donors (Lipinski definition) is 3. The van der Waals surface area contributed by atoms with Gasteiger partial charge in [0.15, 0.2) is 0 Å². The summed E-state index contributed by atoms with van der Waals surface area (Å²) in [5.41, 5.74) is 6.71. The maximum absolute atomic E-state index is 13.7. The number of carbonyl (C=O) groups excluding carboxylic acids is 2. The van der Waals surface area contributed by atoms with E-state index >= 15 is 0 Å². The molecule has 0 aliphatic rings. The zero-order chi connectivity index (χ0) is 16.8. The Bertz CT molecular complexity index is 701. The predicted octanol–water partition coefficient (Wildman–Crippen LogP) is 2.49. The highest BCUT2D eigenvalue weighted by atomic mass is 19.1. The molecule has 0 heterocycles. The molecule has 2 aromatic carbocycles. The summed E-state index contributed by atoms with van der Waals surface area (Å²) in [5.74, 6) is -0.650. The summed E-state index contributed by atoms with van der Waals surface area (Å²) in [6.45, 7) is 2.02. The van der Waals surface area contributed by atoms with Crippen molar-refractivity contribution in [3.8, 4) is 0 Å². The molecular weight excluding hydrogens is 297 g/mol. The van der Waals surface area contributed by atoms with Crippen molar-refractivity contribution in [1.82, 2.24) is 10.6 Å². The molecule has 2 rings (SSSR count). The minimum Gasteiger partial charge on any atom is -0.352 e. The molecule has 4 N–H and O–H groups in total. The first kappa shape index (κ1) is 16.5. The summed E-state index contributed by atoms with van der Waals surface area (Å²) in [7, 11) is 0. The molecule has 0 aliphatic heterocycles. The quantitative estimate of drug-likeness (QED) is 0.792. The van der Waals surface area contributed by atoms with Gasteiger partial charge in [0.25, 0.3) is 5.91 Å². The van der Waals surface area contributed by atoms with Crippen LogP contribution in [0.2, 0.25) is 0 Å². The van der Waals surface area contributed by atoms with Crippen molar-refractivity contribution in [3.05, 3.63) is 71.0 Å². The van der Waals surface area contributed by atoms with Gasteiger partial charge < -0.3 is 16.4 Å². The number of nitrogens with one attached hydrogen (secondary N) is 2. The minimum atomic E-state index is -0.606. The van der Waals surface area contributed by atoms with E-state index in [1.54, 1.807) is 49.4 Å². The lowest BCUT2D eigenvalue weighted by Crippen LogP contribution is -2.29. The van der Waals surface area contributed by atoms with Crippen molar-refractivity contribution in [2.75, 3.05) is 0 Å². The highest BCUT2D eigenvalue weighted by Gasteiger charge is 2.14. The molecule has 0 unspecified atom stereocenters. The average molecular weight is 315 g/mol. The van der Waals surface area contributed by atoms with Crippen molar-refractivity contribution < 1.29 is 14.0 Å². The molecule has 3 amide bonds. The van der Waals surface area contributed by atoms with E-state index in [0.717, 1.165) is 5.56 Å². The zero-order valence-electron chi connectivity index (χ0n) is 12.7. The van der Waals surface area contributed by atoms with E-state index < -0.39 is 12.1 Å². The number of carbonyl (C=O) groups is 2. The van der Waals surface area contributed by atoms with Gasteiger partial charge in [0.05, 0.1) is 6.04 Å². The molecule has 120 valence electrons. The van der Waals surface area contributed by atoms with Gasteiger partial charge in [-0.3, -0.25) is 4.79 Å². The fourth-order valence-electron chi connectivity index (χ4n) is 2.15. The van der Waals surface area contributed by atoms with Gasteiger partial charge in [0.2, 0.25) is 0 Å². The highest BCUT2D eigenvalue weighted by Crippen LogP contribution is 2.16. The molecule has 0 spiro atoms. The lowest BCUT2D eigenvalue weighted by Gasteiger charge is -2.15. The Morgan fingerprint density at radius 2 is 1.78 bits per heavy atom. The van der Waals surface area contributed by atoms with Crippen LogP contribution in [0, 0.1) is 5.82 Å². The number of nitrogens with two attached hydrogens (primary N) is 1. The molecule has 0 saturated heterocycles. The van der Waals surface area contributed by atoms with Gasteiger partial charge in [-0.2, -0.15) is 0 Å². The summed E-state index contributed by atoms with van der Waals surface area (Å²) in [5, 5.41) is 5.22. The van der Waals surface area contributed by atoms with Crippen LogP contribution in [-0.2, 0) is 6.54 Å². The Labute approximate surface area is 133 Å². The number of amides is 3. The smallest absolute Gasteiger partial charge is 0.312 e. The van der Waals surface area contributed by atoms with Gasteiger partial charge in [-0.1, -0.05) is 30.3 Å². The maximum Gasteiger partial charge on any atom is 0.312 e. The minimum absolute atomic E-state index is 0.295. The predicted molar refractivity (Wildman–Crippen MR) is 85.1 cm³/mol. The Morgan fingerprint density at radius 3 is 2.39 bits per heavy atom. The molecule has 23 heavy (non-hydrogen) atoms. The molecule has 1 atom stereocenters. The van der Waals surface area contributed by atoms with Crippen LogP contribution in [0.15, 0.2) is 48.5 Å². The monoisotopic (exact) mass is 315 g/mol. The zero-order valence-corrected chi connectivity index (χ0v) is 12.7. The second kappa shape index (κ2) is 7.40. The third-order valence-electron chi connectivity index (χ3n) is 3.40. The van der Waals surface area contributed by atoms with E-state index in [1.807, 2.05) is 0 Å². The van der Waals surface area contributed by atoms with E-state index in [-0.39, 0.29) is 11.7 Å². The van der Waals surface area contributed by atoms with E-state index in [0.29, 0.717) is 17.7 Å². The van der Waals surface area contributed by atoms with Crippen LogP contribution in [-0.4, -0.2) is 11.9 Å². The second-order valence-corrected chi connectivity index (χ2v) is 5.13. The van der Waals surface area contributed by atoms with Crippen LogP contribution in [0.4, 0.5) is 9.18 Å². The molecule has 2 aromatic rings. The Kier molecular flexibility index (Phi) is 5.30. The number of urea groups is 1. The summed E-state index contributed by atoms with van der Waals surface area (Å²) >= 11 is 0. The summed E-state index contributed by atoms with van der Waals surface area (Å²) in [6, 6.07) is 12.0. The molecule has 5 nitrogen and oxygen atoms in total. The number of hydrogen-bond acceptors (Lipinski definition) is 2. The van der Waals surface area contributed by atoms with Gasteiger partial charge in [0.1, 0.15) is 5.82 Å². The van der Waals surface area contributed by atoms with Crippen molar-refractivity contribution in [3.63, 3.8) is 0 Å². The van der Waals surface area contributed by atoms with Crippen LogP contribution >= 0.6 is 0 Å². The number of rotatable bonds is 5. The summed E-state index contributed by atoms with van der Waals surface area (Å²) in [6.07, 6.45) is 0. The first-order valence-electron chi connectivity index (χ1n) is 7.15. The normalized spacial score (nSPS) is 11.6. The first-order valence-corrected chi connectivity index (χ1v) is 7.15. The highest BCUT2D eigenvalue weighted by molar-refractivity contribution is 5.94. The summed E-state index contributed by atoms with van der Waals surface area (Å²) in [4.78, 5) is 22.8. The lowest BCUT2D eigenvalue weighted by molar-refractivity contribution is 0.0939. The van der Waals surface area contributed by atoms with Gasteiger partial charge >= 0.3 is 6.03 Å². The molecule has 0 aliphatic carbocycles. The fraction of sp³-hybridized carbons (Fsp3) is 0.176. The first-order chi connectivity index (χ1) is 11.0. The number of primary amides is 1. The summed E-state index contributed by atoms with van der Waals surface area (Å²) < 4.78 is 13.7. The Morgan fingerprint density at radius 1 is 1.13 bits per heavy atom. The Balaban J connectivity index is 2.00.